The Labute approximate surface area is 147 Å². The average molecular weight is 349 g/mol. The lowest BCUT2D eigenvalue weighted by Gasteiger charge is -2.31. The number of rotatable bonds is 5. The van der Waals surface area contributed by atoms with E-state index in [1.165, 1.54) is 0 Å². The van der Waals surface area contributed by atoms with Crippen LogP contribution in [0.25, 0.3) is 11.0 Å². The van der Waals surface area contributed by atoms with Crippen molar-refractivity contribution in [2.24, 2.45) is 11.8 Å². The molecule has 0 saturated carbocycles. The standard InChI is InChI=1S/C18H25ClN4O/c1-12(2)7-8-20-17(24)13-4-3-9-23(11-13)18-21-15-6-5-14(19)10-16(15)22-18/h5-6,10,12-13H,3-4,7-9,11H2,1-2H3,(H,20,24)(H,21,22)/t13-/m1/s1. The van der Waals surface area contributed by atoms with E-state index in [0.29, 0.717) is 17.5 Å². The predicted molar refractivity (Wildman–Crippen MR) is 98.5 cm³/mol. The quantitative estimate of drug-likeness (QED) is 0.868. The van der Waals surface area contributed by atoms with Gasteiger partial charge in [-0.05, 0) is 43.4 Å². The van der Waals surface area contributed by atoms with Crippen LogP contribution < -0.4 is 10.2 Å². The lowest BCUT2D eigenvalue weighted by atomic mass is 9.97. The number of hydrogen-bond donors (Lipinski definition) is 2. The number of nitrogens with zero attached hydrogens (tertiary/aromatic N) is 2. The molecule has 0 radical (unpaired) electrons. The topological polar surface area (TPSA) is 61.0 Å². The number of hydrogen-bond acceptors (Lipinski definition) is 3. The van der Waals surface area contributed by atoms with Gasteiger partial charge in [-0.2, -0.15) is 0 Å². The second-order valence-corrected chi connectivity index (χ2v) is 7.42. The number of aromatic amines is 1. The lowest BCUT2D eigenvalue weighted by Crippen LogP contribution is -2.43. The minimum atomic E-state index is 0.0303. The van der Waals surface area contributed by atoms with Crippen molar-refractivity contribution in [3.63, 3.8) is 0 Å². The van der Waals surface area contributed by atoms with Gasteiger partial charge in [-0.15, -0.1) is 0 Å². The number of carbonyl (C=O) groups excluding carboxylic acids is 1. The number of benzene rings is 1. The molecule has 1 amide bonds. The van der Waals surface area contributed by atoms with Crippen molar-refractivity contribution in [1.82, 2.24) is 15.3 Å². The van der Waals surface area contributed by atoms with Crippen LogP contribution in [0.1, 0.15) is 33.1 Å². The molecule has 2 aromatic rings. The third kappa shape index (κ3) is 4.01. The van der Waals surface area contributed by atoms with Crippen molar-refractivity contribution in [3.05, 3.63) is 23.2 Å². The maximum Gasteiger partial charge on any atom is 0.224 e. The van der Waals surface area contributed by atoms with E-state index in [0.717, 1.165) is 49.3 Å². The summed E-state index contributed by atoms with van der Waals surface area (Å²) in [5.74, 6) is 1.63. The summed E-state index contributed by atoms with van der Waals surface area (Å²) in [5, 5.41) is 3.77. The molecule has 2 heterocycles. The Balaban J connectivity index is 1.64. The Kier molecular flexibility index (Phi) is 5.29. The Morgan fingerprint density at radius 2 is 2.33 bits per heavy atom. The van der Waals surface area contributed by atoms with Crippen molar-refractivity contribution in [1.29, 1.82) is 0 Å². The Morgan fingerprint density at radius 3 is 3.12 bits per heavy atom. The number of aromatic nitrogens is 2. The van der Waals surface area contributed by atoms with Crippen LogP contribution in [0, 0.1) is 11.8 Å². The molecule has 6 heteroatoms. The average Bonchev–Trinajstić information content (AvgIpc) is 2.97. The summed E-state index contributed by atoms with van der Waals surface area (Å²) < 4.78 is 0. The molecule has 0 aliphatic carbocycles. The maximum atomic E-state index is 12.4. The van der Waals surface area contributed by atoms with Gasteiger partial charge in [-0.25, -0.2) is 4.98 Å². The molecule has 130 valence electrons. The number of anilines is 1. The molecule has 1 atom stereocenters. The first-order valence-electron chi connectivity index (χ1n) is 8.71. The largest absolute Gasteiger partial charge is 0.356 e. The number of fused-ring (bicyclic) bond motifs is 1. The summed E-state index contributed by atoms with van der Waals surface area (Å²) in [7, 11) is 0. The number of H-pyrrole nitrogens is 1. The summed E-state index contributed by atoms with van der Waals surface area (Å²) >= 11 is 6.03. The van der Waals surface area contributed by atoms with Crippen molar-refractivity contribution < 1.29 is 4.79 Å². The predicted octanol–water partition coefficient (Wildman–Crippen LogP) is 3.60. The molecule has 1 fully saturated rings. The normalized spacial score (nSPS) is 18.3. The highest BCUT2D eigenvalue weighted by Crippen LogP contribution is 2.25. The maximum absolute atomic E-state index is 12.4. The van der Waals surface area contributed by atoms with Gasteiger partial charge in [-0.3, -0.25) is 4.79 Å². The van der Waals surface area contributed by atoms with Crippen LogP contribution in [0.15, 0.2) is 18.2 Å². The molecule has 2 N–H and O–H groups in total. The van der Waals surface area contributed by atoms with Crippen LogP contribution in [-0.4, -0.2) is 35.5 Å². The molecule has 1 aromatic heterocycles. The Morgan fingerprint density at radius 1 is 1.50 bits per heavy atom. The van der Waals surface area contributed by atoms with Crippen LogP contribution in [-0.2, 0) is 4.79 Å². The zero-order valence-electron chi connectivity index (χ0n) is 14.3. The summed E-state index contributed by atoms with van der Waals surface area (Å²) in [4.78, 5) is 22.5. The van der Waals surface area contributed by atoms with Crippen LogP contribution in [0.3, 0.4) is 0 Å². The smallest absolute Gasteiger partial charge is 0.224 e. The van der Waals surface area contributed by atoms with E-state index in [-0.39, 0.29) is 11.8 Å². The van der Waals surface area contributed by atoms with Gasteiger partial charge in [0.05, 0.1) is 17.0 Å². The highest BCUT2D eigenvalue weighted by Gasteiger charge is 2.27. The van der Waals surface area contributed by atoms with E-state index in [2.05, 4.69) is 34.0 Å². The van der Waals surface area contributed by atoms with Gasteiger partial charge in [-0.1, -0.05) is 25.4 Å². The first-order chi connectivity index (χ1) is 11.5. The molecule has 24 heavy (non-hydrogen) atoms. The van der Waals surface area contributed by atoms with Crippen LogP contribution in [0.4, 0.5) is 5.95 Å². The van der Waals surface area contributed by atoms with Crippen LogP contribution >= 0.6 is 11.6 Å². The van der Waals surface area contributed by atoms with Gasteiger partial charge in [0.1, 0.15) is 0 Å². The van der Waals surface area contributed by atoms with Gasteiger partial charge >= 0.3 is 0 Å². The van der Waals surface area contributed by atoms with E-state index >= 15 is 0 Å². The second-order valence-electron chi connectivity index (χ2n) is 6.98. The zero-order valence-corrected chi connectivity index (χ0v) is 15.1. The van der Waals surface area contributed by atoms with Crippen LogP contribution in [0.5, 0.6) is 0 Å². The van der Waals surface area contributed by atoms with Crippen molar-refractivity contribution in [2.45, 2.75) is 33.1 Å². The number of halogens is 1. The molecule has 1 saturated heterocycles. The SMILES string of the molecule is CC(C)CCNC(=O)[C@@H]1CCCN(c2nc3ccc(Cl)cc3[nH]2)C1. The molecule has 0 spiro atoms. The first-order valence-corrected chi connectivity index (χ1v) is 9.08. The molecule has 1 aromatic carbocycles. The fourth-order valence-corrected chi connectivity index (χ4v) is 3.30. The molecule has 5 nitrogen and oxygen atoms in total. The van der Waals surface area contributed by atoms with Crippen molar-refractivity contribution >= 4 is 34.5 Å². The molecule has 1 aliphatic rings. The monoisotopic (exact) mass is 348 g/mol. The fraction of sp³-hybridized carbons (Fsp3) is 0.556. The van der Waals surface area contributed by atoms with Crippen LogP contribution in [0.2, 0.25) is 5.02 Å². The first kappa shape index (κ1) is 17.1. The molecule has 0 bridgehead atoms. The number of carbonyl (C=O) groups is 1. The minimum absolute atomic E-state index is 0.0303. The van der Waals surface area contributed by atoms with Gasteiger partial charge in [0, 0.05) is 24.7 Å². The lowest BCUT2D eigenvalue weighted by molar-refractivity contribution is -0.125. The van der Waals surface area contributed by atoms with Crippen molar-refractivity contribution in [2.75, 3.05) is 24.5 Å². The summed E-state index contributed by atoms with van der Waals surface area (Å²) in [5.41, 5.74) is 1.83. The third-order valence-corrected chi connectivity index (χ3v) is 4.78. The molecule has 0 unspecified atom stereocenters. The highest BCUT2D eigenvalue weighted by molar-refractivity contribution is 6.31. The van der Waals surface area contributed by atoms with E-state index in [1.54, 1.807) is 0 Å². The Bertz CT molecular complexity index is 712. The molecule has 3 rings (SSSR count). The number of nitrogens with one attached hydrogen (secondary N) is 2. The number of piperidine rings is 1. The molecular formula is C18H25ClN4O. The highest BCUT2D eigenvalue weighted by atomic mass is 35.5. The van der Waals surface area contributed by atoms with Gasteiger partial charge in [0.2, 0.25) is 11.9 Å². The van der Waals surface area contributed by atoms with Crippen molar-refractivity contribution in [3.8, 4) is 0 Å². The molecule has 1 aliphatic heterocycles. The second kappa shape index (κ2) is 7.43. The Hall–Kier alpha value is -1.75. The van der Waals surface area contributed by atoms with Gasteiger partial charge in [0.15, 0.2) is 0 Å². The summed E-state index contributed by atoms with van der Waals surface area (Å²) in [6.45, 7) is 6.73. The third-order valence-electron chi connectivity index (χ3n) is 4.54. The summed E-state index contributed by atoms with van der Waals surface area (Å²) in [6, 6.07) is 5.64. The number of amides is 1. The molecular weight excluding hydrogens is 324 g/mol. The number of imidazole rings is 1. The van der Waals surface area contributed by atoms with E-state index < -0.39 is 0 Å². The zero-order chi connectivity index (χ0) is 17.1. The van der Waals surface area contributed by atoms with E-state index in [1.807, 2.05) is 18.2 Å². The van der Waals surface area contributed by atoms with E-state index in [4.69, 9.17) is 11.6 Å². The van der Waals surface area contributed by atoms with Gasteiger partial charge < -0.3 is 15.2 Å². The minimum Gasteiger partial charge on any atom is -0.356 e. The van der Waals surface area contributed by atoms with E-state index in [9.17, 15) is 4.79 Å². The fourth-order valence-electron chi connectivity index (χ4n) is 3.13. The van der Waals surface area contributed by atoms with Gasteiger partial charge in [0.25, 0.3) is 0 Å². The summed E-state index contributed by atoms with van der Waals surface area (Å²) in [6.07, 6.45) is 2.96.